The average Bonchev–Trinajstić information content (AvgIpc) is 2.49. The lowest BCUT2D eigenvalue weighted by Gasteiger charge is -2.22. The molecule has 0 N–H and O–H groups in total. The summed E-state index contributed by atoms with van der Waals surface area (Å²) in [5, 5.41) is 2.32. The lowest BCUT2D eigenvalue weighted by Crippen LogP contribution is -2.10. The molecule has 0 saturated heterocycles. The third-order valence-electron chi connectivity index (χ3n) is 2.49. The van der Waals surface area contributed by atoms with E-state index in [9.17, 15) is 0 Å². The molecule has 1 aliphatic carbocycles. The van der Waals surface area contributed by atoms with Crippen LogP contribution in [0.15, 0.2) is 22.0 Å². The first-order valence-electron chi connectivity index (χ1n) is 4.75. The van der Waals surface area contributed by atoms with Crippen molar-refractivity contribution in [2.45, 2.75) is 25.1 Å². The Morgan fingerprint density at radius 2 is 2.36 bits per heavy atom. The van der Waals surface area contributed by atoms with E-state index < -0.39 is 0 Å². The first-order valence-corrected chi connectivity index (χ1v) is 6.86. The van der Waals surface area contributed by atoms with Gasteiger partial charge < -0.3 is 0 Å². The maximum atomic E-state index is 6.19. The van der Waals surface area contributed by atoms with Crippen molar-refractivity contribution in [2.75, 3.05) is 0 Å². The number of allylic oxidation sites excluding steroid dienone is 2. The van der Waals surface area contributed by atoms with Crippen molar-refractivity contribution in [3.8, 4) is 0 Å². The second-order valence-corrected chi connectivity index (χ2v) is 6.18. The van der Waals surface area contributed by atoms with E-state index in [0.717, 1.165) is 12.8 Å². The number of hydrogen-bond donors (Lipinski definition) is 0. The van der Waals surface area contributed by atoms with E-state index in [1.54, 1.807) is 11.3 Å². The molecule has 0 nitrogen and oxygen atoms in total. The Kier molecular flexibility index (Phi) is 3.35. The van der Waals surface area contributed by atoms with Gasteiger partial charge in [-0.3, -0.25) is 0 Å². The van der Waals surface area contributed by atoms with E-state index in [1.807, 2.05) is 0 Å². The second-order valence-electron chi connectivity index (χ2n) is 3.85. The van der Waals surface area contributed by atoms with Crippen molar-refractivity contribution in [1.29, 1.82) is 0 Å². The molecule has 0 amide bonds. The first-order chi connectivity index (χ1) is 6.66. The van der Waals surface area contributed by atoms with Gasteiger partial charge in [-0.05, 0) is 51.7 Å². The van der Waals surface area contributed by atoms with Crippen LogP contribution in [0.1, 0.15) is 24.6 Å². The first kappa shape index (κ1) is 10.7. The summed E-state index contributed by atoms with van der Waals surface area (Å²) in [5.74, 6) is 0.700. The van der Waals surface area contributed by atoms with E-state index >= 15 is 0 Å². The summed E-state index contributed by atoms with van der Waals surface area (Å²) in [4.78, 5) is 1.35. The normalized spacial score (nSPS) is 27.5. The molecule has 76 valence electrons. The Bertz CT molecular complexity index is 356. The van der Waals surface area contributed by atoms with E-state index in [0.29, 0.717) is 5.92 Å². The molecule has 0 bridgehead atoms. The van der Waals surface area contributed by atoms with Crippen LogP contribution in [0.5, 0.6) is 0 Å². The number of halogens is 2. The van der Waals surface area contributed by atoms with Crippen LogP contribution in [-0.4, -0.2) is 5.38 Å². The Morgan fingerprint density at radius 1 is 1.57 bits per heavy atom. The fourth-order valence-corrected chi connectivity index (χ4v) is 4.01. The highest BCUT2D eigenvalue weighted by Crippen LogP contribution is 2.38. The summed E-state index contributed by atoms with van der Waals surface area (Å²) in [6.07, 6.45) is 4.47. The van der Waals surface area contributed by atoms with Gasteiger partial charge in [0, 0.05) is 9.35 Å². The standard InChI is InChI=1S/C11H12BrClS/c1-7-4-8(6-9(13)5-7)11-10(12)2-3-14-11/h2-3,6-7,9H,4-5H2,1H3. The van der Waals surface area contributed by atoms with E-state index in [2.05, 4.69) is 40.4 Å². The predicted octanol–water partition coefficient (Wildman–Crippen LogP) is 4.93. The molecule has 2 unspecified atom stereocenters. The summed E-state index contributed by atoms with van der Waals surface area (Å²) in [6, 6.07) is 2.10. The molecule has 0 saturated carbocycles. The smallest absolute Gasteiger partial charge is 0.0524 e. The second kappa shape index (κ2) is 4.38. The minimum absolute atomic E-state index is 0.211. The third kappa shape index (κ3) is 2.23. The fraction of sp³-hybridized carbons (Fsp3) is 0.455. The van der Waals surface area contributed by atoms with Gasteiger partial charge in [0.25, 0.3) is 0 Å². The van der Waals surface area contributed by atoms with E-state index in [4.69, 9.17) is 11.6 Å². The molecule has 2 atom stereocenters. The van der Waals surface area contributed by atoms with Gasteiger partial charge in [0.15, 0.2) is 0 Å². The van der Waals surface area contributed by atoms with Crippen LogP contribution in [0.2, 0.25) is 0 Å². The van der Waals surface area contributed by atoms with Crippen molar-refractivity contribution in [3.63, 3.8) is 0 Å². The summed E-state index contributed by atoms with van der Waals surface area (Å²) < 4.78 is 1.20. The maximum Gasteiger partial charge on any atom is 0.0524 e. The quantitative estimate of drug-likeness (QED) is 0.644. The molecule has 1 aromatic rings. The predicted molar refractivity (Wildman–Crippen MR) is 68.0 cm³/mol. The van der Waals surface area contributed by atoms with Gasteiger partial charge in [-0.15, -0.1) is 22.9 Å². The molecule has 3 heteroatoms. The number of thiophene rings is 1. The van der Waals surface area contributed by atoms with Crippen LogP contribution in [0.25, 0.3) is 5.57 Å². The molecular formula is C11H12BrClS. The summed E-state index contributed by atoms with van der Waals surface area (Å²) in [7, 11) is 0. The zero-order chi connectivity index (χ0) is 10.1. The largest absolute Gasteiger partial charge is 0.143 e. The average molecular weight is 292 g/mol. The highest BCUT2D eigenvalue weighted by molar-refractivity contribution is 9.10. The van der Waals surface area contributed by atoms with Gasteiger partial charge in [0.2, 0.25) is 0 Å². The van der Waals surface area contributed by atoms with Crippen molar-refractivity contribution < 1.29 is 0 Å². The highest BCUT2D eigenvalue weighted by atomic mass is 79.9. The Morgan fingerprint density at radius 3 is 2.93 bits per heavy atom. The van der Waals surface area contributed by atoms with Gasteiger partial charge >= 0.3 is 0 Å². The van der Waals surface area contributed by atoms with Crippen molar-refractivity contribution >= 4 is 44.4 Å². The number of hydrogen-bond acceptors (Lipinski definition) is 1. The van der Waals surface area contributed by atoms with Crippen molar-refractivity contribution in [3.05, 3.63) is 26.9 Å². The van der Waals surface area contributed by atoms with Gasteiger partial charge in [-0.2, -0.15) is 0 Å². The van der Waals surface area contributed by atoms with Crippen LogP contribution in [-0.2, 0) is 0 Å². The molecule has 0 aliphatic heterocycles. The Hall–Kier alpha value is 0.210. The van der Waals surface area contributed by atoms with Gasteiger partial charge in [-0.1, -0.05) is 13.0 Å². The van der Waals surface area contributed by atoms with Crippen LogP contribution in [0.3, 0.4) is 0 Å². The lowest BCUT2D eigenvalue weighted by atomic mass is 9.89. The molecule has 2 rings (SSSR count). The molecule has 1 heterocycles. The Balaban J connectivity index is 2.30. The zero-order valence-electron chi connectivity index (χ0n) is 7.97. The van der Waals surface area contributed by atoms with Crippen molar-refractivity contribution in [2.24, 2.45) is 5.92 Å². The SMILES string of the molecule is CC1CC(c2sccc2Br)=CC(Cl)C1. The number of alkyl halides is 1. The van der Waals surface area contributed by atoms with Crippen LogP contribution in [0, 0.1) is 5.92 Å². The molecule has 0 fully saturated rings. The maximum absolute atomic E-state index is 6.19. The summed E-state index contributed by atoms with van der Waals surface area (Å²) >= 11 is 11.5. The van der Waals surface area contributed by atoms with Gasteiger partial charge in [0.1, 0.15) is 0 Å². The topological polar surface area (TPSA) is 0 Å². The van der Waals surface area contributed by atoms with Crippen LogP contribution >= 0.6 is 38.9 Å². The molecule has 1 aliphatic rings. The molecule has 14 heavy (non-hydrogen) atoms. The van der Waals surface area contributed by atoms with Gasteiger partial charge in [-0.25, -0.2) is 0 Å². The van der Waals surface area contributed by atoms with Crippen LogP contribution in [0.4, 0.5) is 0 Å². The highest BCUT2D eigenvalue weighted by Gasteiger charge is 2.20. The minimum atomic E-state index is 0.211. The Labute approximate surface area is 102 Å². The van der Waals surface area contributed by atoms with E-state index in [-0.39, 0.29) is 5.38 Å². The minimum Gasteiger partial charge on any atom is -0.143 e. The van der Waals surface area contributed by atoms with Crippen LogP contribution < -0.4 is 0 Å². The number of rotatable bonds is 1. The summed E-state index contributed by atoms with van der Waals surface area (Å²) in [5.41, 5.74) is 1.41. The molecule has 0 radical (unpaired) electrons. The van der Waals surface area contributed by atoms with Gasteiger partial charge in [0.05, 0.1) is 5.38 Å². The lowest BCUT2D eigenvalue weighted by molar-refractivity contribution is 0.540. The molecule has 1 aromatic heterocycles. The van der Waals surface area contributed by atoms with E-state index in [1.165, 1.54) is 14.9 Å². The molecular weight excluding hydrogens is 280 g/mol. The third-order valence-corrected chi connectivity index (χ3v) is 4.70. The fourth-order valence-electron chi connectivity index (χ4n) is 1.89. The molecule has 0 spiro atoms. The molecule has 0 aromatic carbocycles. The monoisotopic (exact) mass is 290 g/mol. The zero-order valence-corrected chi connectivity index (χ0v) is 11.1. The summed E-state index contributed by atoms with van der Waals surface area (Å²) in [6.45, 7) is 2.27. The van der Waals surface area contributed by atoms with Crippen molar-refractivity contribution in [1.82, 2.24) is 0 Å².